The highest BCUT2D eigenvalue weighted by Gasteiger charge is 2.49. The van der Waals surface area contributed by atoms with Gasteiger partial charge in [-0.1, -0.05) is 17.7 Å². The lowest BCUT2D eigenvalue weighted by atomic mass is 9.73. The van der Waals surface area contributed by atoms with Gasteiger partial charge in [0.15, 0.2) is 19.7 Å². The molecule has 1 N–H and O–H groups in total. The Kier molecular flexibility index (Phi) is 6.88. The van der Waals surface area contributed by atoms with E-state index >= 15 is 0 Å². The molecular weight excluding hydrogens is 515 g/mol. The van der Waals surface area contributed by atoms with Crippen molar-refractivity contribution in [3.63, 3.8) is 0 Å². The highest BCUT2D eigenvalue weighted by molar-refractivity contribution is 7.92. The van der Waals surface area contributed by atoms with Crippen molar-refractivity contribution in [2.24, 2.45) is 5.92 Å². The van der Waals surface area contributed by atoms with Crippen LogP contribution in [-0.4, -0.2) is 39.8 Å². The summed E-state index contributed by atoms with van der Waals surface area (Å²) in [6.07, 6.45) is -3.05. The molecule has 0 aliphatic heterocycles. The second-order valence-corrected chi connectivity index (χ2v) is 13.8. The molecule has 0 aromatic heterocycles. The number of amides is 1. The van der Waals surface area contributed by atoms with E-state index in [1.54, 1.807) is 0 Å². The molecule has 1 saturated carbocycles. The molecule has 1 amide bonds. The maximum atomic E-state index is 13.2. The van der Waals surface area contributed by atoms with Crippen molar-refractivity contribution in [3.8, 4) is 0 Å². The number of carbonyl (C=O) groups is 1. The van der Waals surface area contributed by atoms with Crippen LogP contribution in [0, 0.1) is 5.92 Å². The average molecular weight is 538 g/mol. The molecule has 0 saturated heterocycles. The van der Waals surface area contributed by atoms with Crippen LogP contribution in [0.25, 0.3) is 0 Å². The van der Waals surface area contributed by atoms with Crippen LogP contribution in [-0.2, 0) is 25.9 Å². The fourth-order valence-corrected chi connectivity index (χ4v) is 6.60. The Balaban J connectivity index is 1.70. The first-order chi connectivity index (χ1) is 15.4. The van der Waals surface area contributed by atoms with Crippen LogP contribution in [0.1, 0.15) is 42.6 Å². The number of benzene rings is 2. The van der Waals surface area contributed by atoms with Gasteiger partial charge in [0.2, 0.25) is 0 Å². The summed E-state index contributed by atoms with van der Waals surface area (Å²) in [7, 11) is -7.59. The smallest absolute Gasteiger partial charge is 0.349 e. The van der Waals surface area contributed by atoms with Gasteiger partial charge >= 0.3 is 6.18 Å². The molecule has 3 rings (SSSR count). The van der Waals surface area contributed by atoms with Gasteiger partial charge in [-0.15, -0.1) is 0 Å². The Morgan fingerprint density at radius 1 is 1.00 bits per heavy atom. The van der Waals surface area contributed by atoms with Crippen molar-refractivity contribution < 1.29 is 34.8 Å². The van der Waals surface area contributed by atoms with E-state index in [1.807, 2.05) is 0 Å². The molecule has 0 unspecified atom stereocenters. The third kappa shape index (κ3) is 5.11. The van der Waals surface area contributed by atoms with E-state index < -0.39 is 52.9 Å². The predicted octanol–water partition coefficient (Wildman–Crippen LogP) is 4.52. The van der Waals surface area contributed by atoms with Crippen molar-refractivity contribution in [3.05, 3.63) is 58.6 Å². The van der Waals surface area contributed by atoms with Gasteiger partial charge in [-0.3, -0.25) is 4.79 Å². The molecule has 186 valence electrons. The highest BCUT2D eigenvalue weighted by Crippen LogP contribution is 2.44. The van der Waals surface area contributed by atoms with E-state index in [0.717, 1.165) is 24.5 Å². The minimum atomic E-state index is -4.66. The molecule has 0 radical (unpaired) electrons. The zero-order chi connectivity index (χ0) is 25.7. The molecule has 0 bridgehead atoms. The van der Waals surface area contributed by atoms with Crippen LogP contribution < -0.4 is 5.32 Å². The molecule has 1 aliphatic carbocycles. The Labute approximate surface area is 201 Å². The normalized spacial score (nSPS) is 19.4. The highest BCUT2D eigenvalue weighted by atomic mass is 35.5. The number of hydrogen-bond donors (Lipinski definition) is 1. The molecule has 2 aromatic rings. The maximum Gasteiger partial charge on any atom is 0.416 e. The molecule has 0 heterocycles. The molecule has 6 nitrogen and oxygen atoms in total. The van der Waals surface area contributed by atoms with Crippen LogP contribution >= 0.6 is 11.6 Å². The summed E-state index contributed by atoms with van der Waals surface area (Å²) < 4.78 is 87.3. The van der Waals surface area contributed by atoms with Crippen LogP contribution in [0.4, 0.5) is 13.2 Å². The summed E-state index contributed by atoms with van der Waals surface area (Å²) in [5.74, 6) is -0.938. The van der Waals surface area contributed by atoms with Gasteiger partial charge in [0, 0.05) is 12.3 Å². The lowest BCUT2D eigenvalue weighted by Gasteiger charge is -2.45. The second kappa shape index (κ2) is 8.83. The molecule has 0 spiro atoms. The fourth-order valence-electron chi connectivity index (χ4n) is 3.84. The number of sulfone groups is 2. The second-order valence-electron chi connectivity index (χ2n) is 8.89. The quantitative estimate of drug-likeness (QED) is 0.584. The first-order valence-electron chi connectivity index (χ1n) is 10.2. The summed E-state index contributed by atoms with van der Waals surface area (Å²) in [6, 6.07) is 7.04. The Morgan fingerprint density at radius 2 is 1.62 bits per heavy atom. The molecule has 0 atom stereocenters. The van der Waals surface area contributed by atoms with E-state index in [0.29, 0.717) is 18.9 Å². The van der Waals surface area contributed by atoms with E-state index in [1.165, 1.54) is 32.0 Å². The number of nitrogens with one attached hydrogen (secondary N) is 1. The van der Waals surface area contributed by atoms with Gasteiger partial charge in [-0.2, -0.15) is 13.2 Å². The third-order valence-electron chi connectivity index (χ3n) is 6.23. The van der Waals surface area contributed by atoms with Crippen LogP contribution in [0.2, 0.25) is 5.02 Å². The van der Waals surface area contributed by atoms with Gasteiger partial charge in [-0.25, -0.2) is 16.8 Å². The third-order valence-corrected chi connectivity index (χ3v) is 10.3. The molecule has 1 fully saturated rings. The lowest BCUT2D eigenvalue weighted by molar-refractivity contribution is -0.137. The Hall–Kier alpha value is -2.11. The van der Waals surface area contributed by atoms with E-state index in [2.05, 4.69) is 5.32 Å². The van der Waals surface area contributed by atoms with Gasteiger partial charge in [0.1, 0.15) is 0 Å². The molecule has 2 aromatic carbocycles. The largest absolute Gasteiger partial charge is 0.416 e. The van der Waals surface area contributed by atoms with E-state index in [-0.39, 0.29) is 21.5 Å². The van der Waals surface area contributed by atoms with Gasteiger partial charge < -0.3 is 5.32 Å². The molecule has 12 heteroatoms. The SMILES string of the molecule is CC(C)([C@H]1C[C@@H](NC(=O)c2ccc(S(C)(=O)=O)cc2Cl)C1)S(=O)(=O)c1cccc(C(F)(F)F)c1. The zero-order valence-electron chi connectivity index (χ0n) is 18.5. The standard InChI is InChI=1S/C22H23ClF3NO5S2/c1-21(2,34(31,32)17-6-4-5-13(11-17)22(24,25)26)14-9-15(10-14)27-20(28)18-8-7-16(12-19(18)23)33(3,29)30/h4-8,11-12,14-15H,9-10H2,1-3H3,(H,27,28)/t14-,15+. The summed E-state index contributed by atoms with van der Waals surface area (Å²) in [5.41, 5.74) is -0.963. The van der Waals surface area contributed by atoms with Crippen LogP contribution in [0.15, 0.2) is 52.3 Å². The number of alkyl halides is 3. The minimum Gasteiger partial charge on any atom is -0.349 e. The number of rotatable bonds is 6. The average Bonchev–Trinajstić information content (AvgIpc) is 2.68. The van der Waals surface area contributed by atoms with Gasteiger partial charge in [0.05, 0.1) is 30.7 Å². The van der Waals surface area contributed by atoms with Crippen molar-refractivity contribution in [1.29, 1.82) is 0 Å². The van der Waals surface area contributed by atoms with Crippen LogP contribution in [0.3, 0.4) is 0 Å². The maximum absolute atomic E-state index is 13.2. The van der Waals surface area contributed by atoms with Crippen LogP contribution in [0.5, 0.6) is 0 Å². The summed E-state index contributed by atoms with van der Waals surface area (Å²) in [6.45, 7) is 2.93. The fraction of sp³-hybridized carbons (Fsp3) is 0.409. The summed E-state index contributed by atoms with van der Waals surface area (Å²) in [4.78, 5) is 12.1. The molecule has 1 aliphatic rings. The predicted molar refractivity (Wildman–Crippen MR) is 121 cm³/mol. The lowest BCUT2D eigenvalue weighted by Crippen LogP contribution is -2.53. The number of halogens is 4. The number of carbonyl (C=O) groups excluding carboxylic acids is 1. The molecule has 34 heavy (non-hydrogen) atoms. The Bertz CT molecular complexity index is 1330. The Morgan fingerprint density at radius 3 is 2.15 bits per heavy atom. The van der Waals surface area contributed by atoms with E-state index in [9.17, 15) is 34.8 Å². The van der Waals surface area contributed by atoms with Gasteiger partial charge in [-0.05, 0) is 69.0 Å². The van der Waals surface area contributed by atoms with Gasteiger partial charge in [0.25, 0.3) is 5.91 Å². The van der Waals surface area contributed by atoms with Crippen molar-refractivity contribution >= 4 is 37.2 Å². The van der Waals surface area contributed by atoms with Crippen molar-refractivity contribution in [2.45, 2.75) is 53.4 Å². The molecular formula is C22H23ClF3NO5S2. The first-order valence-corrected chi connectivity index (χ1v) is 13.9. The minimum absolute atomic E-state index is 0.0284. The first kappa shape index (κ1) is 26.5. The van der Waals surface area contributed by atoms with E-state index in [4.69, 9.17) is 11.6 Å². The van der Waals surface area contributed by atoms with Crippen molar-refractivity contribution in [1.82, 2.24) is 5.32 Å². The summed E-state index contributed by atoms with van der Waals surface area (Å²) in [5, 5.41) is 2.70. The topological polar surface area (TPSA) is 97.4 Å². The zero-order valence-corrected chi connectivity index (χ0v) is 20.9. The van der Waals surface area contributed by atoms with Crippen molar-refractivity contribution in [2.75, 3.05) is 6.26 Å². The monoisotopic (exact) mass is 537 g/mol. The summed E-state index contributed by atoms with van der Waals surface area (Å²) >= 11 is 6.06. The number of hydrogen-bond acceptors (Lipinski definition) is 5.